The third kappa shape index (κ3) is 9.39. The Kier molecular flexibility index (Phi) is 11.0. The molecular weight excluding hydrogens is 234 g/mol. The Bertz CT molecular complexity index is 209. The summed E-state index contributed by atoms with van der Waals surface area (Å²) < 4.78 is 15.0. The van der Waals surface area contributed by atoms with Crippen LogP contribution in [0.3, 0.4) is 0 Å². The Labute approximate surface area is 110 Å². The van der Waals surface area contributed by atoms with E-state index in [1.165, 1.54) is 7.11 Å². The molecule has 0 aliphatic carbocycles. The first kappa shape index (κ1) is 17.4. The van der Waals surface area contributed by atoms with Gasteiger partial charge in [-0.2, -0.15) is 0 Å². The lowest BCUT2D eigenvalue weighted by atomic mass is 10.0. The van der Waals surface area contributed by atoms with Crippen molar-refractivity contribution in [3.05, 3.63) is 0 Å². The van der Waals surface area contributed by atoms with Crippen LogP contribution < -0.4 is 5.32 Å². The van der Waals surface area contributed by atoms with Gasteiger partial charge >= 0.3 is 5.97 Å². The van der Waals surface area contributed by atoms with Gasteiger partial charge in [-0.1, -0.05) is 13.8 Å². The Morgan fingerprint density at radius 2 is 1.89 bits per heavy atom. The molecule has 1 N–H and O–H groups in total. The summed E-state index contributed by atoms with van der Waals surface area (Å²) in [4.78, 5) is 11.5. The van der Waals surface area contributed by atoms with Crippen LogP contribution in [0.15, 0.2) is 0 Å². The number of methoxy groups -OCH3 is 2. The molecule has 0 heterocycles. The van der Waals surface area contributed by atoms with Gasteiger partial charge in [0.05, 0.1) is 20.3 Å². The summed E-state index contributed by atoms with van der Waals surface area (Å²) in [5.74, 6) is 0.267. The zero-order chi connectivity index (χ0) is 13.8. The van der Waals surface area contributed by atoms with Crippen molar-refractivity contribution in [3.63, 3.8) is 0 Å². The van der Waals surface area contributed by atoms with Crippen LogP contribution in [0.4, 0.5) is 0 Å². The van der Waals surface area contributed by atoms with Gasteiger partial charge in [0, 0.05) is 13.7 Å². The minimum Gasteiger partial charge on any atom is -0.468 e. The van der Waals surface area contributed by atoms with E-state index in [9.17, 15) is 4.79 Å². The first-order valence-corrected chi connectivity index (χ1v) is 6.49. The second-order valence-corrected chi connectivity index (χ2v) is 4.62. The highest BCUT2D eigenvalue weighted by atomic mass is 16.5. The highest BCUT2D eigenvalue weighted by Gasteiger charge is 2.19. The molecule has 5 nitrogen and oxygen atoms in total. The summed E-state index contributed by atoms with van der Waals surface area (Å²) in [6.07, 6.45) is 1.66. The van der Waals surface area contributed by atoms with E-state index in [4.69, 9.17) is 14.2 Å². The molecule has 0 aromatic heterocycles. The number of hydrogen-bond acceptors (Lipinski definition) is 5. The van der Waals surface area contributed by atoms with Crippen LogP contribution in [-0.2, 0) is 19.0 Å². The van der Waals surface area contributed by atoms with Gasteiger partial charge in [-0.25, -0.2) is 0 Å². The predicted molar refractivity (Wildman–Crippen MR) is 70.6 cm³/mol. The van der Waals surface area contributed by atoms with Crippen LogP contribution in [-0.4, -0.2) is 52.6 Å². The van der Waals surface area contributed by atoms with Crippen molar-refractivity contribution in [3.8, 4) is 0 Å². The number of esters is 1. The van der Waals surface area contributed by atoms with Crippen molar-refractivity contribution in [2.75, 3.05) is 40.6 Å². The van der Waals surface area contributed by atoms with Crippen LogP contribution in [0.25, 0.3) is 0 Å². The molecule has 0 fully saturated rings. The van der Waals surface area contributed by atoms with Gasteiger partial charge in [0.2, 0.25) is 0 Å². The van der Waals surface area contributed by atoms with Crippen molar-refractivity contribution >= 4 is 5.97 Å². The zero-order valence-corrected chi connectivity index (χ0v) is 12.0. The van der Waals surface area contributed by atoms with E-state index >= 15 is 0 Å². The summed E-state index contributed by atoms with van der Waals surface area (Å²) in [6.45, 7) is 6.83. The molecule has 5 heteroatoms. The number of hydrogen-bond donors (Lipinski definition) is 1. The number of nitrogens with one attached hydrogen (secondary N) is 1. The fourth-order valence-electron chi connectivity index (χ4n) is 1.57. The molecule has 0 aliphatic heterocycles. The van der Waals surface area contributed by atoms with Gasteiger partial charge in [-0.15, -0.1) is 0 Å². The van der Waals surface area contributed by atoms with E-state index in [2.05, 4.69) is 19.2 Å². The molecule has 0 aromatic carbocycles. The molecule has 1 unspecified atom stereocenters. The van der Waals surface area contributed by atoms with E-state index in [1.54, 1.807) is 7.11 Å². The SMILES string of the molecule is COCCOCCCNC(CC(C)C)C(=O)OC. The fourth-order valence-corrected chi connectivity index (χ4v) is 1.57. The molecule has 0 amide bonds. The van der Waals surface area contributed by atoms with Crippen molar-refractivity contribution in [1.82, 2.24) is 5.32 Å². The third-order valence-electron chi connectivity index (χ3n) is 2.48. The minimum atomic E-state index is -0.214. The second-order valence-electron chi connectivity index (χ2n) is 4.62. The summed E-state index contributed by atoms with van der Waals surface area (Å²) >= 11 is 0. The number of carbonyl (C=O) groups excluding carboxylic acids is 1. The summed E-state index contributed by atoms with van der Waals surface area (Å²) in [7, 11) is 3.07. The van der Waals surface area contributed by atoms with E-state index in [0.717, 1.165) is 19.4 Å². The minimum absolute atomic E-state index is 0.191. The summed E-state index contributed by atoms with van der Waals surface area (Å²) in [5.41, 5.74) is 0. The smallest absolute Gasteiger partial charge is 0.322 e. The van der Waals surface area contributed by atoms with Gasteiger partial charge in [-0.05, 0) is 25.3 Å². The van der Waals surface area contributed by atoms with Gasteiger partial charge in [-0.3, -0.25) is 4.79 Å². The molecule has 1 atom stereocenters. The maximum atomic E-state index is 11.5. The predicted octanol–water partition coefficient (Wildman–Crippen LogP) is 1.22. The Morgan fingerprint density at radius 3 is 2.44 bits per heavy atom. The van der Waals surface area contributed by atoms with Crippen molar-refractivity contribution in [2.24, 2.45) is 5.92 Å². The van der Waals surface area contributed by atoms with Crippen LogP contribution >= 0.6 is 0 Å². The Morgan fingerprint density at radius 1 is 1.17 bits per heavy atom. The standard InChI is InChI=1S/C13H27NO4/c1-11(2)10-12(13(15)17-4)14-6-5-7-18-9-8-16-3/h11-12,14H,5-10H2,1-4H3. The lowest BCUT2D eigenvalue weighted by Crippen LogP contribution is -2.39. The Hall–Kier alpha value is -0.650. The quantitative estimate of drug-likeness (QED) is 0.447. The number of rotatable bonds is 11. The van der Waals surface area contributed by atoms with Gasteiger partial charge in [0.25, 0.3) is 0 Å². The number of ether oxygens (including phenoxy) is 3. The topological polar surface area (TPSA) is 56.8 Å². The van der Waals surface area contributed by atoms with E-state index < -0.39 is 0 Å². The van der Waals surface area contributed by atoms with Crippen LogP contribution in [0.2, 0.25) is 0 Å². The van der Waals surface area contributed by atoms with E-state index in [0.29, 0.717) is 25.7 Å². The molecular formula is C13H27NO4. The summed E-state index contributed by atoms with van der Waals surface area (Å²) in [6, 6.07) is -0.214. The molecule has 0 aliphatic rings. The second kappa shape index (κ2) is 11.4. The van der Waals surface area contributed by atoms with Crippen LogP contribution in [0, 0.1) is 5.92 Å². The average Bonchev–Trinajstić information content (AvgIpc) is 2.34. The molecule has 0 saturated heterocycles. The zero-order valence-electron chi connectivity index (χ0n) is 12.0. The number of carbonyl (C=O) groups is 1. The lowest BCUT2D eigenvalue weighted by Gasteiger charge is -2.18. The average molecular weight is 261 g/mol. The molecule has 0 radical (unpaired) electrons. The molecule has 0 saturated carbocycles. The Balaban J connectivity index is 3.66. The highest BCUT2D eigenvalue weighted by Crippen LogP contribution is 2.06. The van der Waals surface area contributed by atoms with Crippen molar-refractivity contribution in [2.45, 2.75) is 32.7 Å². The summed E-state index contributed by atoms with van der Waals surface area (Å²) in [5, 5.41) is 3.21. The van der Waals surface area contributed by atoms with Crippen molar-refractivity contribution < 1.29 is 19.0 Å². The van der Waals surface area contributed by atoms with Gasteiger partial charge in [0.15, 0.2) is 0 Å². The van der Waals surface area contributed by atoms with E-state index in [1.807, 2.05) is 0 Å². The normalized spacial score (nSPS) is 12.7. The third-order valence-corrected chi connectivity index (χ3v) is 2.48. The maximum absolute atomic E-state index is 11.5. The maximum Gasteiger partial charge on any atom is 0.322 e. The molecule has 108 valence electrons. The molecule has 0 bridgehead atoms. The molecule has 0 rings (SSSR count). The first-order valence-electron chi connectivity index (χ1n) is 6.49. The lowest BCUT2D eigenvalue weighted by molar-refractivity contribution is -0.143. The fraction of sp³-hybridized carbons (Fsp3) is 0.923. The largest absolute Gasteiger partial charge is 0.468 e. The van der Waals surface area contributed by atoms with Crippen molar-refractivity contribution in [1.29, 1.82) is 0 Å². The highest BCUT2D eigenvalue weighted by molar-refractivity contribution is 5.75. The monoisotopic (exact) mass is 261 g/mol. The molecule has 0 aromatic rings. The van der Waals surface area contributed by atoms with Crippen LogP contribution in [0.1, 0.15) is 26.7 Å². The molecule has 0 spiro atoms. The molecule has 18 heavy (non-hydrogen) atoms. The first-order chi connectivity index (χ1) is 8.61. The van der Waals surface area contributed by atoms with Crippen LogP contribution in [0.5, 0.6) is 0 Å². The van der Waals surface area contributed by atoms with E-state index in [-0.39, 0.29) is 12.0 Å². The van der Waals surface area contributed by atoms with Gasteiger partial charge < -0.3 is 19.5 Å². The van der Waals surface area contributed by atoms with Gasteiger partial charge in [0.1, 0.15) is 6.04 Å².